The predicted molar refractivity (Wildman–Crippen MR) is 108 cm³/mol. The van der Waals surface area contributed by atoms with Crippen molar-refractivity contribution in [2.75, 3.05) is 20.3 Å². The molecule has 2 atom stereocenters. The summed E-state index contributed by atoms with van der Waals surface area (Å²) in [5, 5.41) is 7.43. The number of halogens is 1. The number of aromatic nitrogens is 2. The molecule has 1 fully saturated rings. The summed E-state index contributed by atoms with van der Waals surface area (Å²) < 4.78 is 6.55. The van der Waals surface area contributed by atoms with E-state index in [1.165, 1.54) is 0 Å². The molecular formula is C21H24ClN3O4. The lowest BCUT2D eigenvalue weighted by molar-refractivity contribution is -0.128. The van der Waals surface area contributed by atoms with Crippen LogP contribution in [0.4, 0.5) is 0 Å². The van der Waals surface area contributed by atoms with Crippen molar-refractivity contribution in [1.29, 1.82) is 0 Å². The van der Waals surface area contributed by atoms with Gasteiger partial charge in [-0.1, -0.05) is 11.6 Å². The van der Waals surface area contributed by atoms with Crippen LogP contribution in [0.1, 0.15) is 35.4 Å². The molecule has 0 spiro atoms. The third-order valence-electron chi connectivity index (χ3n) is 5.20. The highest BCUT2D eigenvalue weighted by Gasteiger charge is 2.43. The molecule has 2 unspecified atom stereocenters. The van der Waals surface area contributed by atoms with E-state index in [0.29, 0.717) is 18.2 Å². The SMILES string of the molecule is COCCNC(=O)CC1CC(=O)C(c2c(C)cc(-n3cc(Cl)cn3)cc2C)C1=O. The fraction of sp³-hybridized carbons (Fsp3) is 0.429. The molecule has 1 aliphatic rings. The summed E-state index contributed by atoms with van der Waals surface area (Å²) in [4.78, 5) is 37.7. The van der Waals surface area contributed by atoms with E-state index in [1.807, 2.05) is 26.0 Å². The molecule has 1 saturated carbocycles. The van der Waals surface area contributed by atoms with E-state index in [2.05, 4.69) is 10.4 Å². The Morgan fingerprint density at radius 3 is 2.59 bits per heavy atom. The number of ether oxygens (including phenoxy) is 1. The molecule has 29 heavy (non-hydrogen) atoms. The lowest BCUT2D eigenvalue weighted by Gasteiger charge is -2.17. The maximum absolute atomic E-state index is 13.0. The Labute approximate surface area is 174 Å². The fourth-order valence-electron chi connectivity index (χ4n) is 3.90. The van der Waals surface area contributed by atoms with Crippen molar-refractivity contribution in [2.45, 2.75) is 32.6 Å². The highest BCUT2D eigenvalue weighted by atomic mass is 35.5. The second-order valence-corrected chi connectivity index (χ2v) is 7.78. The van der Waals surface area contributed by atoms with Gasteiger partial charge in [0.2, 0.25) is 5.91 Å². The predicted octanol–water partition coefficient (Wildman–Crippen LogP) is 2.54. The molecule has 1 amide bonds. The first kappa shape index (κ1) is 21.2. The first-order valence-electron chi connectivity index (χ1n) is 9.45. The third kappa shape index (κ3) is 4.57. The third-order valence-corrected chi connectivity index (χ3v) is 5.39. The number of nitrogens with one attached hydrogen (secondary N) is 1. The zero-order chi connectivity index (χ0) is 21.1. The molecule has 1 aromatic heterocycles. The quantitative estimate of drug-likeness (QED) is 0.552. The minimum absolute atomic E-state index is 0.0206. The molecule has 0 saturated heterocycles. The number of rotatable bonds is 7. The largest absolute Gasteiger partial charge is 0.383 e. The maximum Gasteiger partial charge on any atom is 0.220 e. The number of carbonyl (C=O) groups excluding carboxylic acids is 3. The van der Waals surface area contributed by atoms with E-state index in [0.717, 1.165) is 22.4 Å². The Morgan fingerprint density at radius 1 is 1.31 bits per heavy atom. The second kappa shape index (κ2) is 8.88. The minimum Gasteiger partial charge on any atom is -0.383 e. The number of methoxy groups -OCH3 is 1. The smallest absolute Gasteiger partial charge is 0.220 e. The van der Waals surface area contributed by atoms with E-state index in [-0.39, 0.29) is 30.3 Å². The number of carbonyl (C=O) groups is 3. The van der Waals surface area contributed by atoms with Crippen LogP contribution in [-0.2, 0) is 19.1 Å². The van der Waals surface area contributed by atoms with Crippen LogP contribution < -0.4 is 5.32 Å². The first-order chi connectivity index (χ1) is 13.8. The summed E-state index contributed by atoms with van der Waals surface area (Å²) in [6.07, 6.45) is 3.36. The van der Waals surface area contributed by atoms with Crippen LogP contribution in [-0.4, -0.2) is 47.5 Å². The summed E-state index contributed by atoms with van der Waals surface area (Å²) in [6.45, 7) is 4.54. The Balaban J connectivity index is 1.80. The van der Waals surface area contributed by atoms with E-state index in [4.69, 9.17) is 16.3 Å². The van der Waals surface area contributed by atoms with Crippen LogP contribution in [0.2, 0.25) is 5.02 Å². The van der Waals surface area contributed by atoms with Crippen molar-refractivity contribution in [2.24, 2.45) is 5.92 Å². The lowest BCUT2D eigenvalue weighted by atomic mass is 9.87. The van der Waals surface area contributed by atoms with Gasteiger partial charge in [-0.2, -0.15) is 5.10 Å². The van der Waals surface area contributed by atoms with E-state index in [1.54, 1.807) is 24.2 Å². The summed E-state index contributed by atoms with van der Waals surface area (Å²) in [5.74, 6) is -1.96. The molecule has 1 aromatic carbocycles. The number of ketones is 2. The van der Waals surface area contributed by atoms with Gasteiger partial charge in [0.25, 0.3) is 0 Å². The molecule has 0 aliphatic heterocycles. The molecule has 0 radical (unpaired) electrons. The summed E-state index contributed by atoms with van der Waals surface area (Å²) in [5.41, 5.74) is 3.21. The summed E-state index contributed by atoms with van der Waals surface area (Å²) >= 11 is 5.95. The van der Waals surface area contributed by atoms with Crippen LogP contribution >= 0.6 is 11.6 Å². The second-order valence-electron chi connectivity index (χ2n) is 7.35. The van der Waals surface area contributed by atoms with Gasteiger partial charge in [-0.3, -0.25) is 14.4 Å². The van der Waals surface area contributed by atoms with Crippen molar-refractivity contribution < 1.29 is 19.1 Å². The number of hydrogen-bond acceptors (Lipinski definition) is 5. The highest BCUT2D eigenvalue weighted by Crippen LogP contribution is 2.37. The van der Waals surface area contributed by atoms with Crippen molar-refractivity contribution in [3.63, 3.8) is 0 Å². The number of aryl methyl sites for hydroxylation is 2. The molecule has 8 heteroatoms. The maximum atomic E-state index is 13.0. The Kier molecular flexibility index (Phi) is 6.49. The lowest BCUT2D eigenvalue weighted by Crippen LogP contribution is -2.30. The molecule has 3 rings (SSSR count). The van der Waals surface area contributed by atoms with Crippen LogP contribution in [0, 0.1) is 19.8 Å². The number of Topliss-reactive ketones (excluding diaryl/α,β-unsaturated/α-hetero) is 2. The van der Waals surface area contributed by atoms with Gasteiger partial charge in [-0.25, -0.2) is 4.68 Å². The zero-order valence-electron chi connectivity index (χ0n) is 16.7. The van der Waals surface area contributed by atoms with Crippen molar-refractivity contribution in [3.8, 4) is 5.69 Å². The Bertz CT molecular complexity index is 930. The molecule has 0 bridgehead atoms. The van der Waals surface area contributed by atoms with Crippen LogP contribution in [0.15, 0.2) is 24.5 Å². The monoisotopic (exact) mass is 417 g/mol. The van der Waals surface area contributed by atoms with Crippen LogP contribution in [0.25, 0.3) is 5.69 Å². The molecular weight excluding hydrogens is 394 g/mol. The number of hydrogen-bond donors (Lipinski definition) is 1. The molecule has 7 nitrogen and oxygen atoms in total. The number of amides is 1. The van der Waals surface area contributed by atoms with Crippen molar-refractivity contribution in [3.05, 3.63) is 46.2 Å². The van der Waals surface area contributed by atoms with Gasteiger partial charge in [0.1, 0.15) is 11.7 Å². The van der Waals surface area contributed by atoms with Crippen LogP contribution in [0.3, 0.4) is 0 Å². The average molecular weight is 418 g/mol. The minimum atomic E-state index is -0.818. The Hall–Kier alpha value is -2.51. The molecule has 2 aromatic rings. The number of benzene rings is 1. The van der Waals surface area contributed by atoms with Gasteiger partial charge < -0.3 is 10.1 Å². The van der Waals surface area contributed by atoms with Gasteiger partial charge in [0.15, 0.2) is 5.78 Å². The van der Waals surface area contributed by atoms with Gasteiger partial charge in [-0.05, 0) is 42.7 Å². The van der Waals surface area contributed by atoms with E-state index >= 15 is 0 Å². The van der Waals surface area contributed by atoms with Gasteiger partial charge >= 0.3 is 0 Å². The van der Waals surface area contributed by atoms with Crippen molar-refractivity contribution in [1.82, 2.24) is 15.1 Å². The topological polar surface area (TPSA) is 90.3 Å². The zero-order valence-corrected chi connectivity index (χ0v) is 17.5. The summed E-state index contributed by atoms with van der Waals surface area (Å²) in [6, 6.07) is 3.77. The van der Waals surface area contributed by atoms with Crippen molar-refractivity contribution >= 4 is 29.1 Å². The van der Waals surface area contributed by atoms with Gasteiger partial charge in [-0.15, -0.1) is 0 Å². The Morgan fingerprint density at radius 2 is 2.00 bits per heavy atom. The summed E-state index contributed by atoms with van der Waals surface area (Å²) in [7, 11) is 1.55. The standard InChI is InChI=1S/C21H24ClN3O4/c1-12-6-16(25-11-15(22)10-24-25)7-13(2)19(12)20-17(26)8-14(21(20)28)9-18(27)23-4-5-29-3/h6-7,10-11,14,20H,4-5,8-9H2,1-3H3,(H,23,27). The highest BCUT2D eigenvalue weighted by molar-refractivity contribution is 6.30. The molecule has 1 N–H and O–H groups in total. The fourth-order valence-corrected chi connectivity index (χ4v) is 4.04. The van der Waals surface area contributed by atoms with Gasteiger partial charge in [0.05, 0.1) is 23.5 Å². The molecule has 1 aliphatic carbocycles. The molecule has 1 heterocycles. The van der Waals surface area contributed by atoms with E-state index in [9.17, 15) is 14.4 Å². The first-order valence-corrected chi connectivity index (χ1v) is 9.83. The van der Waals surface area contributed by atoms with Crippen LogP contribution in [0.5, 0.6) is 0 Å². The average Bonchev–Trinajstić information content (AvgIpc) is 3.20. The molecule has 154 valence electrons. The normalized spacial score (nSPS) is 19.0. The number of nitrogens with zero attached hydrogens (tertiary/aromatic N) is 2. The van der Waals surface area contributed by atoms with E-state index < -0.39 is 11.8 Å². The van der Waals surface area contributed by atoms with Gasteiger partial charge in [0, 0.05) is 38.6 Å².